The molecule has 3 rings (SSSR count). The van der Waals surface area contributed by atoms with E-state index in [1.807, 2.05) is 49.7 Å². The summed E-state index contributed by atoms with van der Waals surface area (Å²) in [5.41, 5.74) is 3.12. The molecule has 0 saturated carbocycles. The zero-order valence-electron chi connectivity index (χ0n) is 21.0. The van der Waals surface area contributed by atoms with Crippen molar-refractivity contribution in [2.45, 2.75) is 47.1 Å². The molecule has 0 unspecified atom stereocenters. The van der Waals surface area contributed by atoms with Crippen LogP contribution in [0.3, 0.4) is 0 Å². The van der Waals surface area contributed by atoms with Crippen molar-refractivity contribution in [2.24, 2.45) is 7.05 Å². The van der Waals surface area contributed by atoms with E-state index in [-0.39, 0.29) is 23.8 Å². The van der Waals surface area contributed by atoms with Gasteiger partial charge in [0.1, 0.15) is 5.69 Å². The Morgan fingerprint density at radius 3 is 2.26 bits per heavy atom. The average Bonchev–Trinajstić information content (AvgIpc) is 3.15. The van der Waals surface area contributed by atoms with Crippen LogP contribution < -0.4 is 10.9 Å². The number of carbonyl (C=O) groups is 2. The molecule has 7 heteroatoms. The number of nitrogens with one attached hydrogen (secondary N) is 1. The minimum absolute atomic E-state index is 0.0224. The molecule has 1 amide bonds. The molecule has 0 aliphatic carbocycles. The number of rotatable bonds is 11. The van der Waals surface area contributed by atoms with E-state index in [0.717, 1.165) is 36.4 Å². The number of benzene rings is 1. The van der Waals surface area contributed by atoms with Crippen molar-refractivity contribution in [1.82, 2.24) is 19.4 Å². The topological polar surface area (TPSA) is 76.3 Å². The van der Waals surface area contributed by atoms with Crippen LogP contribution in [0.15, 0.2) is 41.2 Å². The lowest BCUT2D eigenvalue weighted by molar-refractivity contribution is 0.0938. The average molecular weight is 465 g/mol. The Bertz CT molecular complexity index is 1220. The van der Waals surface area contributed by atoms with Gasteiger partial charge in [-0.1, -0.05) is 58.0 Å². The van der Waals surface area contributed by atoms with Gasteiger partial charge in [-0.2, -0.15) is 0 Å². The summed E-state index contributed by atoms with van der Waals surface area (Å²) in [5.74, 6) is -0.285. The van der Waals surface area contributed by atoms with Crippen LogP contribution >= 0.6 is 0 Å². The van der Waals surface area contributed by atoms with Crippen LogP contribution in [0.2, 0.25) is 0 Å². The number of ketones is 1. The summed E-state index contributed by atoms with van der Waals surface area (Å²) in [7, 11) is 1.83. The second-order valence-electron chi connectivity index (χ2n) is 8.45. The van der Waals surface area contributed by atoms with Gasteiger partial charge in [-0.05, 0) is 37.6 Å². The molecule has 0 atom stereocenters. The third-order valence-corrected chi connectivity index (χ3v) is 6.59. The fourth-order valence-electron chi connectivity index (χ4n) is 4.58. The Labute approximate surface area is 201 Å². The lowest BCUT2D eigenvalue weighted by Gasteiger charge is -2.18. The van der Waals surface area contributed by atoms with Crippen molar-refractivity contribution in [3.63, 3.8) is 0 Å². The molecule has 182 valence electrons. The van der Waals surface area contributed by atoms with Crippen molar-refractivity contribution < 1.29 is 9.59 Å². The van der Waals surface area contributed by atoms with E-state index in [2.05, 4.69) is 24.1 Å². The number of hydrogen-bond donors (Lipinski definition) is 1. The molecule has 1 aromatic carbocycles. The Balaban J connectivity index is 2.03. The van der Waals surface area contributed by atoms with Crippen molar-refractivity contribution in [1.29, 1.82) is 0 Å². The highest BCUT2D eigenvalue weighted by atomic mass is 16.2. The van der Waals surface area contributed by atoms with Crippen molar-refractivity contribution in [2.75, 3.05) is 26.2 Å². The number of nitrogens with zero attached hydrogens (tertiary/aromatic N) is 3. The van der Waals surface area contributed by atoms with Gasteiger partial charge < -0.3 is 19.4 Å². The van der Waals surface area contributed by atoms with Gasteiger partial charge in [0.25, 0.3) is 11.5 Å². The zero-order chi connectivity index (χ0) is 24.8. The van der Waals surface area contributed by atoms with Crippen LogP contribution in [0.1, 0.15) is 59.8 Å². The van der Waals surface area contributed by atoms with Gasteiger partial charge in [-0.25, -0.2) is 0 Å². The monoisotopic (exact) mass is 464 g/mol. The van der Waals surface area contributed by atoms with Crippen LogP contribution in [0, 0.1) is 0 Å². The van der Waals surface area contributed by atoms with E-state index >= 15 is 0 Å². The maximum atomic E-state index is 13.7. The molecule has 0 fully saturated rings. The summed E-state index contributed by atoms with van der Waals surface area (Å²) >= 11 is 0. The largest absolute Gasteiger partial charge is 0.349 e. The van der Waals surface area contributed by atoms with Crippen molar-refractivity contribution >= 4 is 22.6 Å². The fraction of sp³-hybridized carbons (Fsp3) is 0.444. The summed E-state index contributed by atoms with van der Waals surface area (Å²) in [6.45, 7) is 11.3. The third-order valence-electron chi connectivity index (χ3n) is 6.59. The maximum Gasteiger partial charge on any atom is 0.268 e. The van der Waals surface area contributed by atoms with E-state index < -0.39 is 0 Å². The summed E-state index contributed by atoms with van der Waals surface area (Å²) in [6.07, 6.45) is 1.15. The number of pyridine rings is 1. The van der Waals surface area contributed by atoms with Crippen LogP contribution in [0.25, 0.3) is 10.9 Å². The lowest BCUT2D eigenvalue weighted by atomic mass is 10.1. The highest BCUT2D eigenvalue weighted by Crippen LogP contribution is 2.25. The Morgan fingerprint density at radius 2 is 1.68 bits per heavy atom. The predicted octanol–water partition coefficient (Wildman–Crippen LogP) is 3.42. The van der Waals surface area contributed by atoms with Gasteiger partial charge in [0.15, 0.2) is 5.78 Å². The number of hydrogen-bond acceptors (Lipinski definition) is 4. The number of fused-ring (bicyclic) bond motifs is 1. The standard InChI is InChI=1S/C27H36N4O3/c1-6-20-17-22-24(27(34)31(20)18-23(32)19-13-11-10-12-14-19)21(7-2)25(29(22)5)26(33)28-15-16-30(8-3)9-4/h10-14,17H,6-9,15-16,18H2,1-5H3,(H,28,33). The van der Waals surface area contributed by atoms with E-state index in [4.69, 9.17) is 0 Å². The molecule has 0 aliphatic heterocycles. The second-order valence-corrected chi connectivity index (χ2v) is 8.45. The van der Waals surface area contributed by atoms with Crippen LogP contribution in [-0.4, -0.2) is 51.9 Å². The number of Topliss-reactive ketones (excluding diaryl/α,β-unsaturated/α-hetero) is 1. The third kappa shape index (κ3) is 4.99. The first-order valence-corrected chi connectivity index (χ1v) is 12.2. The number of amides is 1. The molecule has 0 radical (unpaired) electrons. The van der Waals surface area contributed by atoms with Gasteiger partial charge in [0, 0.05) is 31.4 Å². The molecular weight excluding hydrogens is 428 g/mol. The first-order valence-electron chi connectivity index (χ1n) is 12.2. The van der Waals surface area contributed by atoms with E-state index in [9.17, 15) is 14.4 Å². The van der Waals surface area contributed by atoms with Crippen LogP contribution in [0.5, 0.6) is 0 Å². The number of aryl methyl sites for hydroxylation is 3. The van der Waals surface area contributed by atoms with Crippen LogP contribution in [0.4, 0.5) is 0 Å². The molecular formula is C27H36N4O3. The predicted molar refractivity (Wildman–Crippen MR) is 137 cm³/mol. The highest BCUT2D eigenvalue weighted by molar-refractivity contribution is 6.02. The molecule has 0 spiro atoms. The number of carbonyl (C=O) groups excluding carboxylic acids is 2. The zero-order valence-corrected chi connectivity index (χ0v) is 21.0. The van der Waals surface area contributed by atoms with Crippen LogP contribution in [-0.2, 0) is 26.4 Å². The van der Waals surface area contributed by atoms with Gasteiger partial charge in [-0.15, -0.1) is 0 Å². The molecule has 0 aliphatic rings. The smallest absolute Gasteiger partial charge is 0.268 e. The molecule has 2 heterocycles. The normalized spacial score (nSPS) is 11.4. The molecule has 1 N–H and O–H groups in total. The lowest BCUT2D eigenvalue weighted by Crippen LogP contribution is -2.35. The first kappa shape index (κ1) is 25.4. The maximum absolute atomic E-state index is 13.7. The fourth-order valence-corrected chi connectivity index (χ4v) is 4.58. The summed E-state index contributed by atoms with van der Waals surface area (Å²) in [4.78, 5) is 42.0. The van der Waals surface area contributed by atoms with Gasteiger partial charge in [0.05, 0.1) is 17.4 Å². The second kappa shape index (κ2) is 11.3. The van der Waals surface area contributed by atoms with Crippen molar-refractivity contribution in [3.05, 3.63) is 69.3 Å². The van der Waals surface area contributed by atoms with Gasteiger partial charge in [0.2, 0.25) is 0 Å². The minimum Gasteiger partial charge on any atom is -0.349 e. The Morgan fingerprint density at radius 1 is 1.00 bits per heavy atom. The molecule has 2 aromatic heterocycles. The minimum atomic E-state index is -0.215. The van der Waals surface area contributed by atoms with Gasteiger partial charge >= 0.3 is 0 Å². The summed E-state index contributed by atoms with van der Waals surface area (Å²) in [5, 5.41) is 3.55. The quantitative estimate of drug-likeness (QED) is 0.441. The molecule has 34 heavy (non-hydrogen) atoms. The number of likely N-dealkylation sites (N-methyl/N-ethyl adjacent to an activating group) is 1. The number of aromatic nitrogens is 2. The molecule has 0 saturated heterocycles. The summed E-state index contributed by atoms with van der Waals surface area (Å²) < 4.78 is 3.39. The van der Waals surface area contributed by atoms with E-state index in [1.165, 1.54) is 0 Å². The molecule has 0 bridgehead atoms. The van der Waals surface area contributed by atoms with E-state index in [1.54, 1.807) is 16.7 Å². The Kier molecular flexibility index (Phi) is 8.45. The van der Waals surface area contributed by atoms with Crippen molar-refractivity contribution in [3.8, 4) is 0 Å². The highest BCUT2D eigenvalue weighted by Gasteiger charge is 2.24. The Hall–Kier alpha value is -3.19. The van der Waals surface area contributed by atoms with Gasteiger partial charge in [-0.3, -0.25) is 14.4 Å². The molecule has 3 aromatic rings. The summed E-state index contributed by atoms with van der Waals surface area (Å²) in [6, 6.07) is 11.0. The van der Waals surface area contributed by atoms with E-state index in [0.29, 0.717) is 36.0 Å². The SMILES string of the molecule is CCc1c(C(=O)NCCN(CC)CC)n(C)c2cc(CC)n(CC(=O)c3ccccc3)c(=O)c12. The first-order chi connectivity index (χ1) is 16.4. The molecule has 7 nitrogen and oxygen atoms in total.